The highest BCUT2D eigenvalue weighted by Gasteiger charge is 2.26. The molecule has 1 saturated carbocycles. The minimum absolute atomic E-state index is 0.158. The minimum Gasteiger partial charge on any atom is -0.503 e. The molecule has 2 N–H and O–H groups in total. The van der Waals surface area contributed by atoms with Crippen LogP contribution in [0.25, 0.3) is 16.6 Å². The van der Waals surface area contributed by atoms with Crippen LogP contribution in [0.15, 0.2) is 43.0 Å². The lowest BCUT2D eigenvalue weighted by atomic mass is 9.86. The summed E-state index contributed by atoms with van der Waals surface area (Å²) < 4.78 is 44.9. The fourth-order valence-corrected chi connectivity index (χ4v) is 4.63. The van der Waals surface area contributed by atoms with Crippen LogP contribution in [0.1, 0.15) is 47.8 Å². The predicted octanol–water partition coefficient (Wildman–Crippen LogP) is 4.81. The van der Waals surface area contributed by atoms with E-state index < -0.39 is 34.7 Å². The molecule has 1 aliphatic carbocycles. The first kappa shape index (κ1) is 22.9. The molecule has 0 bridgehead atoms. The molecule has 0 aliphatic heterocycles. The van der Waals surface area contributed by atoms with Gasteiger partial charge < -0.3 is 15.0 Å². The molecule has 1 aliphatic rings. The number of phenols is 1. The normalized spacial score (nSPS) is 18.2. The summed E-state index contributed by atoms with van der Waals surface area (Å²) in [5, 5.41) is 17.5. The molecule has 0 unspecified atom stereocenters. The van der Waals surface area contributed by atoms with Crippen molar-refractivity contribution in [2.75, 3.05) is 6.54 Å². The van der Waals surface area contributed by atoms with Crippen molar-refractivity contribution >= 4 is 16.8 Å². The van der Waals surface area contributed by atoms with Crippen molar-refractivity contribution in [2.24, 2.45) is 5.92 Å². The largest absolute Gasteiger partial charge is 0.503 e. The standard InChI is InChI=1S/C25H24F3N5O2/c1-14-11-32(13-30-14)18-7-4-16-12-33(31-21(16)8-18)17-5-2-15(3-6-17)10-29-25(35)19-9-20(26)24(34)23(28)22(19)27/h4,7-9,11-13,15,17,34H,2-3,5-6,10H2,1H3,(H,29,35). The van der Waals surface area contributed by atoms with E-state index in [9.17, 15) is 18.0 Å². The summed E-state index contributed by atoms with van der Waals surface area (Å²) in [6.45, 7) is 2.21. The third-order valence-electron chi connectivity index (χ3n) is 6.64. The number of aromatic hydroxyl groups is 1. The van der Waals surface area contributed by atoms with Crippen molar-refractivity contribution in [2.45, 2.75) is 38.6 Å². The molecule has 0 spiro atoms. The second-order valence-corrected chi connectivity index (χ2v) is 9.04. The zero-order chi connectivity index (χ0) is 24.7. The van der Waals surface area contributed by atoms with E-state index in [-0.39, 0.29) is 18.5 Å². The first-order valence-electron chi connectivity index (χ1n) is 11.4. The average Bonchev–Trinajstić information content (AvgIpc) is 3.49. The number of phenolic OH excluding ortho intramolecular Hbond substituents is 1. The molecule has 5 rings (SSSR count). The fourth-order valence-electron chi connectivity index (χ4n) is 4.63. The van der Waals surface area contributed by atoms with Crippen LogP contribution >= 0.6 is 0 Å². The monoisotopic (exact) mass is 483 g/mol. The predicted molar refractivity (Wildman–Crippen MR) is 123 cm³/mol. The van der Waals surface area contributed by atoms with Gasteiger partial charge in [0.05, 0.1) is 29.1 Å². The highest BCUT2D eigenvalue weighted by molar-refractivity contribution is 5.94. The summed E-state index contributed by atoms with van der Waals surface area (Å²) in [6.07, 6.45) is 9.14. The van der Waals surface area contributed by atoms with Crippen molar-refractivity contribution in [3.63, 3.8) is 0 Å². The summed E-state index contributed by atoms with van der Waals surface area (Å²) in [6, 6.07) is 6.83. The number of aromatic nitrogens is 4. The van der Waals surface area contributed by atoms with Gasteiger partial charge in [-0.15, -0.1) is 0 Å². The molecular formula is C25H24F3N5O2. The van der Waals surface area contributed by atoms with Crippen LogP contribution in [-0.2, 0) is 0 Å². The number of hydrogen-bond acceptors (Lipinski definition) is 4. The van der Waals surface area contributed by atoms with Gasteiger partial charge in [-0.3, -0.25) is 9.48 Å². The van der Waals surface area contributed by atoms with E-state index in [4.69, 9.17) is 10.2 Å². The first-order valence-corrected chi connectivity index (χ1v) is 11.4. The molecule has 1 fully saturated rings. The molecule has 0 atom stereocenters. The molecule has 2 aromatic heterocycles. The van der Waals surface area contributed by atoms with Crippen molar-refractivity contribution in [1.82, 2.24) is 24.6 Å². The second-order valence-electron chi connectivity index (χ2n) is 9.04. The Morgan fingerprint density at radius 2 is 1.89 bits per heavy atom. The smallest absolute Gasteiger partial charge is 0.254 e. The van der Waals surface area contributed by atoms with E-state index in [0.29, 0.717) is 6.07 Å². The lowest BCUT2D eigenvalue weighted by Gasteiger charge is -2.28. The van der Waals surface area contributed by atoms with E-state index in [1.807, 2.05) is 46.8 Å². The maximum atomic E-state index is 13.9. The molecule has 1 amide bonds. The van der Waals surface area contributed by atoms with E-state index in [2.05, 4.69) is 10.3 Å². The summed E-state index contributed by atoms with van der Waals surface area (Å²) in [5.74, 6) is -6.90. The molecule has 0 radical (unpaired) electrons. The molecule has 4 aromatic rings. The van der Waals surface area contributed by atoms with Gasteiger partial charge in [0.15, 0.2) is 17.4 Å². The van der Waals surface area contributed by atoms with Crippen molar-refractivity contribution in [3.05, 3.63) is 71.7 Å². The van der Waals surface area contributed by atoms with Crippen LogP contribution < -0.4 is 5.32 Å². The fraction of sp³-hybridized carbons (Fsp3) is 0.320. The van der Waals surface area contributed by atoms with Crippen LogP contribution in [0.4, 0.5) is 13.2 Å². The van der Waals surface area contributed by atoms with Gasteiger partial charge in [-0.1, -0.05) is 0 Å². The number of imidazole rings is 1. The maximum absolute atomic E-state index is 13.9. The summed E-state index contributed by atoms with van der Waals surface area (Å²) in [5.41, 5.74) is 2.07. The lowest BCUT2D eigenvalue weighted by Crippen LogP contribution is -2.32. The van der Waals surface area contributed by atoms with Crippen LogP contribution in [0, 0.1) is 30.3 Å². The van der Waals surface area contributed by atoms with E-state index in [0.717, 1.165) is 48.0 Å². The zero-order valence-electron chi connectivity index (χ0n) is 19.0. The Labute approximate surface area is 199 Å². The number of carbonyl (C=O) groups excluding carboxylic acids is 1. The van der Waals surface area contributed by atoms with Gasteiger partial charge in [0.2, 0.25) is 5.82 Å². The number of nitrogens with one attached hydrogen (secondary N) is 1. The van der Waals surface area contributed by atoms with E-state index in [1.165, 1.54) is 0 Å². The summed E-state index contributed by atoms with van der Waals surface area (Å²) >= 11 is 0. The molecular weight excluding hydrogens is 459 g/mol. The quantitative estimate of drug-likeness (QED) is 0.399. The van der Waals surface area contributed by atoms with Crippen LogP contribution in [-0.4, -0.2) is 36.9 Å². The average molecular weight is 483 g/mol. The van der Waals surface area contributed by atoms with Gasteiger partial charge in [0.1, 0.15) is 0 Å². The van der Waals surface area contributed by atoms with Gasteiger partial charge in [-0.2, -0.15) is 9.49 Å². The van der Waals surface area contributed by atoms with E-state index >= 15 is 0 Å². The van der Waals surface area contributed by atoms with Crippen molar-refractivity contribution in [1.29, 1.82) is 0 Å². The number of halogens is 3. The Morgan fingerprint density at radius 1 is 1.11 bits per heavy atom. The number of benzene rings is 2. The minimum atomic E-state index is -1.77. The molecule has 7 nitrogen and oxygen atoms in total. The van der Waals surface area contributed by atoms with Crippen molar-refractivity contribution in [3.8, 4) is 11.4 Å². The third kappa shape index (κ3) is 4.48. The summed E-state index contributed by atoms with van der Waals surface area (Å²) in [7, 11) is 0. The molecule has 0 saturated heterocycles. The van der Waals surface area contributed by atoms with Gasteiger partial charge in [0.25, 0.3) is 5.91 Å². The number of hydrogen-bond donors (Lipinski definition) is 2. The first-order chi connectivity index (χ1) is 16.8. The second kappa shape index (κ2) is 9.09. The number of carbonyl (C=O) groups is 1. The lowest BCUT2D eigenvalue weighted by molar-refractivity contribution is 0.0935. The molecule has 182 valence electrons. The molecule has 35 heavy (non-hydrogen) atoms. The van der Waals surface area contributed by atoms with Crippen LogP contribution in [0.3, 0.4) is 0 Å². The number of rotatable bonds is 5. The SMILES string of the molecule is Cc1cn(-c2ccc3cn(C4CCC(CNC(=O)c5cc(F)c(O)c(F)c5F)CC4)nc3c2)cn1. The Morgan fingerprint density at radius 3 is 2.60 bits per heavy atom. The Hall–Kier alpha value is -3.82. The Balaban J connectivity index is 1.19. The third-order valence-corrected chi connectivity index (χ3v) is 6.64. The molecule has 10 heteroatoms. The summed E-state index contributed by atoms with van der Waals surface area (Å²) in [4.78, 5) is 16.5. The van der Waals surface area contributed by atoms with Gasteiger partial charge in [-0.25, -0.2) is 13.8 Å². The van der Waals surface area contributed by atoms with Crippen LogP contribution in [0.5, 0.6) is 5.75 Å². The number of aryl methyl sites for hydroxylation is 1. The van der Waals surface area contributed by atoms with Crippen molar-refractivity contribution < 1.29 is 23.1 Å². The molecule has 2 aromatic carbocycles. The topological polar surface area (TPSA) is 85.0 Å². The van der Waals surface area contributed by atoms with E-state index in [1.54, 1.807) is 6.33 Å². The highest BCUT2D eigenvalue weighted by Crippen LogP contribution is 2.33. The van der Waals surface area contributed by atoms with Gasteiger partial charge >= 0.3 is 0 Å². The molecule has 2 heterocycles. The van der Waals surface area contributed by atoms with Gasteiger partial charge in [-0.05, 0) is 62.8 Å². The number of fused-ring (bicyclic) bond motifs is 1. The number of amides is 1. The van der Waals surface area contributed by atoms with Crippen LogP contribution in [0.2, 0.25) is 0 Å². The Kier molecular flexibility index (Phi) is 5.96. The maximum Gasteiger partial charge on any atom is 0.254 e. The Bertz CT molecular complexity index is 1410. The van der Waals surface area contributed by atoms with Gasteiger partial charge in [0, 0.05) is 30.0 Å². The number of nitrogens with zero attached hydrogens (tertiary/aromatic N) is 4. The highest BCUT2D eigenvalue weighted by atomic mass is 19.2. The zero-order valence-corrected chi connectivity index (χ0v) is 19.0.